The molecule has 0 saturated carbocycles. The summed E-state index contributed by atoms with van der Waals surface area (Å²) in [6, 6.07) is 14.2. The fraction of sp³-hybridized carbons (Fsp3) is 0.263. The van der Waals surface area contributed by atoms with E-state index in [1.807, 2.05) is 31.2 Å². The quantitative estimate of drug-likeness (QED) is 0.795. The first-order chi connectivity index (χ1) is 11.5. The molecule has 1 atom stereocenters. The molecule has 0 aliphatic carbocycles. The molecule has 0 aromatic heterocycles. The summed E-state index contributed by atoms with van der Waals surface area (Å²) in [4.78, 5) is 27.1. The van der Waals surface area contributed by atoms with Gasteiger partial charge in [-0.3, -0.25) is 14.5 Å². The highest BCUT2D eigenvalue weighted by molar-refractivity contribution is 9.10. The average Bonchev–Trinajstić information content (AvgIpc) is 2.86. The van der Waals surface area contributed by atoms with Crippen LogP contribution in [0.25, 0.3) is 0 Å². The molecule has 1 heterocycles. The van der Waals surface area contributed by atoms with Gasteiger partial charge in [0.05, 0.1) is 23.3 Å². The Morgan fingerprint density at radius 2 is 1.54 bits per heavy atom. The number of hydrogen-bond acceptors (Lipinski definition) is 3. The SMILES string of the molecule is CCC[C@@](CO)(c1ccc(Br)cc1)N1C(=O)c2ccccc2C1=O. The molecule has 0 fully saturated rings. The molecule has 1 N–H and O–H groups in total. The van der Waals surface area contributed by atoms with Gasteiger partial charge in [-0.25, -0.2) is 0 Å². The Labute approximate surface area is 149 Å². The van der Waals surface area contributed by atoms with Gasteiger partial charge in [0.15, 0.2) is 0 Å². The number of imide groups is 1. The van der Waals surface area contributed by atoms with Crippen LogP contribution >= 0.6 is 15.9 Å². The Morgan fingerprint density at radius 3 is 2.00 bits per heavy atom. The second-order valence-electron chi connectivity index (χ2n) is 5.94. The number of halogens is 1. The zero-order valence-corrected chi connectivity index (χ0v) is 14.9. The van der Waals surface area contributed by atoms with Crippen molar-refractivity contribution in [3.8, 4) is 0 Å². The van der Waals surface area contributed by atoms with Gasteiger partial charge in [0, 0.05) is 4.47 Å². The predicted octanol–water partition coefficient (Wildman–Crippen LogP) is 3.73. The van der Waals surface area contributed by atoms with Gasteiger partial charge in [0.2, 0.25) is 0 Å². The van der Waals surface area contributed by atoms with Crippen molar-refractivity contribution in [3.05, 3.63) is 69.7 Å². The monoisotopic (exact) mass is 387 g/mol. The Morgan fingerprint density at radius 1 is 1.00 bits per heavy atom. The minimum absolute atomic E-state index is 0.312. The van der Waals surface area contributed by atoms with Gasteiger partial charge in [0.25, 0.3) is 11.8 Å². The van der Waals surface area contributed by atoms with E-state index in [0.29, 0.717) is 17.5 Å². The lowest BCUT2D eigenvalue weighted by Crippen LogP contribution is -2.52. The lowest BCUT2D eigenvalue weighted by molar-refractivity contribution is 0.0199. The summed E-state index contributed by atoms with van der Waals surface area (Å²) in [7, 11) is 0. The molecule has 124 valence electrons. The third-order valence-corrected chi connectivity index (χ3v) is 5.06. The van der Waals surface area contributed by atoms with E-state index in [2.05, 4.69) is 15.9 Å². The van der Waals surface area contributed by atoms with Crippen molar-refractivity contribution in [2.75, 3.05) is 6.61 Å². The highest BCUT2D eigenvalue weighted by Gasteiger charge is 2.49. The van der Waals surface area contributed by atoms with Crippen molar-refractivity contribution in [3.63, 3.8) is 0 Å². The topological polar surface area (TPSA) is 57.6 Å². The zero-order valence-electron chi connectivity index (χ0n) is 13.3. The number of carbonyl (C=O) groups excluding carboxylic acids is 2. The molecule has 5 heteroatoms. The van der Waals surface area contributed by atoms with E-state index in [1.54, 1.807) is 24.3 Å². The van der Waals surface area contributed by atoms with Gasteiger partial charge in [-0.15, -0.1) is 0 Å². The highest BCUT2D eigenvalue weighted by Crippen LogP contribution is 2.39. The lowest BCUT2D eigenvalue weighted by Gasteiger charge is -2.39. The summed E-state index contributed by atoms with van der Waals surface area (Å²) < 4.78 is 0.900. The van der Waals surface area contributed by atoms with Crippen molar-refractivity contribution in [2.24, 2.45) is 0 Å². The molecule has 24 heavy (non-hydrogen) atoms. The Kier molecular flexibility index (Phi) is 4.56. The molecule has 2 aromatic carbocycles. The summed E-state index contributed by atoms with van der Waals surface area (Å²) >= 11 is 3.39. The molecule has 0 radical (unpaired) electrons. The van der Waals surface area contributed by atoms with E-state index in [1.165, 1.54) is 4.90 Å². The molecule has 1 aliphatic rings. The van der Waals surface area contributed by atoms with Crippen molar-refractivity contribution in [1.29, 1.82) is 0 Å². The summed E-state index contributed by atoms with van der Waals surface area (Å²) in [5, 5.41) is 10.2. The minimum Gasteiger partial charge on any atom is -0.394 e. The van der Waals surface area contributed by atoms with Gasteiger partial charge >= 0.3 is 0 Å². The number of amides is 2. The third-order valence-electron chi connectivity index (χ3n) is 4.53. The fourth-order valence-corrected chi connectivity index (χ4v) is 3.64. The standard InChI is InChI=1S/C19H18BrNO3/c1-2-11-19(12-22,13-7-9-14(20)10-8-13)21-17(23)15-5-3-4-6-16(15)18(21)24/h3-10,22H,2,11-12H2,1H3/t19-/m1/s1. The van der Waals surface area contributed by atoms with Crippen LogP contribution in [0, 0.1) is 0 Å². The number of rotatable bonds is 5. The van der Waals surface area contributed by atoms with E-state index in [9.17, 15) is 14.7 Å². The normalized spacial score (nSPS) is 16.2. The molecule has 2 amide bonds. The van der Waals surface area contributed by atoms with Crippen LogP contribution in [0.1, 0.15) is 46.0 Å². The number of aliphatic hydroxyl groups excluding tert-OH is 1. The highest BCUT2D eigenvalue weighted by atomic mass is 79.9. The molecule has 0 bridgehead atoms. The number of nitrogens with zero attached hydrogens (tertiary/aromatic N) is 1. The third kappa shape index (κ3) is 2.48. The smallest absolute Gasteiger partial charge is 0.262 e. The number of aliphatic hydroxyl groups is 1. The van der Waals surface area contributed by atoms with Crippen LogP contribution in [-0.4, -0.2) is 28.4 Å². The van der Waals surface area contributed by atoms with Crippen molar-refractivity contribution >= 4 is 27.7 Å². The number of carbonyl (C=O) groups is 2. The average molecular weight is 388 g/mol. The van der Waals surface area contributed by atoms with E-state index in [0.717, 1.165) is 16.5 Å². The van der Waals surface area contributed by atoms with Crippen LogP contribution in [-0.2, 0) is 5.54 Å². The fourth-order valence-electron chi connectivity index (χ4n) is 3.38. The predicted molar refractivity (Wildman–Crippen MR) is 94.8 cm³/mol. The summed E-state index contributed by atoms with van der Waals surface area (Å²) in [5.74, 6) is -0.693. The maximum atomic E-state index is 12.9. The van der Waals surface area contributed by atoms with Crippen molar-refractivity contribution < 1.29 is 14.7 Å². The molecule has 1 aliphatic heterocycles. The van der Waals surface area contributed by atoms with Crippen LogP contribution in [0.5, 0.6) is 0 Å². The van der Waals surface area contributed by atoms with E-state index < -0.39 is 5.54 Å². The molecule has 3 rings (SSSR count). The maximum Gasteiger partial charge on any atom is 0.262 e. The molecule has 4 nitrogen and oxygen atoms in total. The van der Waals surface area contributed by atoms with E-state index in [-0.39, 0.29) is 18.4 Å². The van der Waals surface area contributed by atoms with Crippen LogP contribution in [0.3, 0.4) is 0 Å². The second kappa shape index (κ2) is 6.49. The number of benzene rings is 2. The van der Waals surface area contributed by atoms with E-state index in [4.69, 9.17) is 0 Å². The van der Waals surface area contributed by atoms with Crippen molar-refractivity contribution in [1.82, 2.24) is 4.90 Å². The van der Waals surface area contributed by atoms with Gasteiger partial charge in [-0.1, -0.05) is 53.5 Å². The Bertz CT molecular complexity index is 752. The first-order valence-electron chi connectivity index (χ1n) is 7.90. The van der Waals surface area contributed by atoms with Crippen LogP contribution in [0.15, 0.2) is 53.0 Å². The second-order valence-corrected chi connectivity index (χ2v) is 6.85. The first-order valence-corrected chi connectivity index (χ1v) is 8.69. The van der Waals surface area contributed by atoms with Crippen LogP contribution < -0.4 is 0 Å². The summed E-state index contributed by atoms with van der Waals surface area (Å²) in [6.07, 6.45) is 1.22. The van der Waals surface area contributed by atoms with Gasteiger partial charge in [0.1, 0.15) is 0 Å². The van der Waals surface area contributed by atoms with Crippen LogP contribution in [0.4, 0.5) is 0 Å². The molecule has 0 saturated heterocycles. The van der Waals surface area contributed by atoms with E-state index >= 15 is 0 Å². The first kappa shape index (κ1) is 16.9. The Hall–Kier alpha value is -1.98. The largest absolute Gasteiger partial charge is 0.394 e. The number of hydrogen-bond donors (Lipinski definition) is 1. The molecule has 2 aromatic rings. The van der Waals surface area contributed by atoms with Gasteiger partial charge in [-0.2, -0.15) is 0 Å². The summed E-state index contributed by atoms with van der Waals surface area (Å²) in [6.45, 7) is 1.66. The Balaban J connectivity index is 2.16. The van der Waals surface area contributed by atoms with Crippen molar-refractivity contribution in [2.45, 2.75) is 25.3 Å². The zero-order chi connectivity index (χ0) is 17.3. The number of fused-ring (bicyclic) bond motifs is 1. The lowest BCUT2D eigenvalue weighted by atomic mass is 9.84. The molecule has 0 unspecified atom stereocenters. The van der Waals surface area contributed by atoms with Gasteiger partial charge in [-0.05, 0) is 36.2 Å². The van der Waals surface area contributed by atoms with Crippen LogP contribution in [0.2, 0.25) is 0 Å². The summed E-state index contributed by atoms with van der Waals surface area (Å²) in [5.41, 5.74) is 0.495. The molecule has 0 spiro atoms. The molecular formula is C19H18BrNO3. The maximum absolute atomic E-state index is 12.9. The van der Waals surface area contributed by atoms with Gasteiger partial charge < -0.3 is 5.11 Å². The minimum atomic E-state index is -1.05. The molecular weight excluding hydrogens is 370 g/mol.